The van der Waals surface area contributed by atoms with Gasteiger partial charge in [0.15, 0.2) is 0 Å². The topological polar surface area (TPSA) is 69.6 Å². The second-order valence-corrected chi connectivity index (χ2v) is 12.3. The quantitative estimate of drug-likeness (QED) is 0.538. The molecule has 0 saturated carbocycles. The van der Waals surface area contributed by atoms with Crippen molar-refractivity contribution in [3.05, 3.63) is 63.6 Å². The summed E-state index contributed by atoms with van der Waals surface area (Å²) in [6.45, 7) is 6.52. The number of hydrogen-bond acceptors (Lipinski definition) is 4. The first kappa shape index (κ1) is 24.4. The summed E-state index contributed by atoms with van der Waals surface area (Å²) in [4.78, 5) is 0.233. The zero-order valence-electron chi connectivity index (χ0n) is 18.7. The summed E-state index contributed by atoms with van der Waals surface area (Å²) < 4.78 is 27.8. The molecule has 7 heteroatoms. The number of aliphatic hydroxyl groups excluding tert-OH is 1. The molecule has 170 valence electrons. The van der Waals surface area contributed by atoms with Gasteiger partial charge in [-0.1, -0.05) is 40.2 Å². The Kier molecular flexibility index (Phi) is 7.64. The van der Waals surface area contributed by atoms with E-state index in [9.17, 15) is 13.5 Å². The number of hydrogen-bond donors (Lipinski definition) is 2. The van der Waals surface area contributed by atoms with Gasteiger partial charge in [0, 0.05) is 30.1 Å². The predicted molar refractivity (Wildman–Crippen MR) is 129 cm³/mol. The van der Waals surface area contributed by atoms with E-state index in [1.807, 2.05) is 6.92 Å². The van der Waals surface area contributed by atoms with E-state index in [0.717, 1.165) is 29.3 Å². The Labute approximate surface area is 195 Å². The smallest absolute Gasteiger partial charge is 0.242 e. The van der Waals surface area contributed by atoms with Crippen LogP contribution in [0.15, 0.2) is 51.8 Å². The van der Waals surface area contributed by atoms with Crippen molar-refractivity contribution in [3.8, 4) is 0 Å². The Morgan fingerprint density at radius 3 is 2.39 bits per heavy atom. The van der Waals surface area contributed by atoms with Gasteiger partial charge in [-0.3, -0.25) is 0 Å². The van der Waals surface area contributed by atoms with Crippen molar-refractivity contribution in [1.82, 2.24) is 9.62 Å². The van der Waals surface area contributed by atoms with Gasteiger partial charge in [0.05, 0.1) is 11.0 Å². The van der Waals surface area contributed by atoms with E-state index in [2.05, 4.69) is 59.4 Å². The molecule has 0 spiro atoms. The summed E-state index contributed by atoms with van der Waals surface area (Å²) in [5.41, 5.74) is 3.60. The van der Waals surface area contributed by atoms with E-state index in [1.165, 1.54) is 22.5 Å². The van der Waals surface area contributed by atoms with Crippen molar-refractivity contribution < 1.29 is 13.5 Å². The van der Waals surface area contributed by atoms with E-state index in [1.54, 1.807) is 18.2 Å². The van der Waals surface area contributed by atoms with Gasteiger partial charge in [0.2, 0.25) is 10.0 Å². The van der Waals surface area contributed by atoms with Crippen molar-refractivity contribution in [2.24, 2.45) is 5.92 Å². The average molecular weight is 510 g/mol. The van der Waals surface area contributed by atoms with Crippen LogP contribution in [-0.4, -0.2) is 49.6 Å². The lowest BCUT2D eigenvalue weighted by Gasteiger charge is -2.31. The zero-order chi connectivity index (χ0) is 22.8. The first-order valence-corrected chi connectivity index (χ1v) is 12.9. The van der Waals surface area contributed by atoms with Crippen molar-refractivity contribution in [3.63, 3.8) is 0 Å². The van der Waals surface area contributed by atoms with Gasteiger partial charge in [0.25, 0.3) is 0 Å². The normalized spacial score (nSPS) is 16.0. The van der Waals surface area contributed by atoms with Crippen LogP contribution >= 0.6 is 15.9 Å². The summed E-state index contributed by atoms with van der Waals surface area (Å²) in [7, 11) is -2.14. The molecule has 0 heterocycles. The number of likely N-dealkylation sites (N-methyl/N-ethyl adjacent to an activating group) is 1. The second-order valence-electron chi connectivity index (χ2n) is 9.36. The predicted octanol–water partition coefficient (Wildman–Crippen LogP) is 3.91. The van der Waals surface area contributed by atoms with Crippen molar-refractivity contribution in [2.45, 2.75) is 56.6 Å². The van der Waals surface area contributed by atoms with Gasteiger partial charge < -0.3 is 10.4 Å². The second kappa shape index (κ2) is 9.71. The Morgan fingerprint density at radius 1 is 1.19 bits per heavy atom. The van der Waals surface area contributed by atoms with Crippen LogP contribution in [0.2, 0.25) is 0 Å². The van der Waals surface area contributed by atoms with Crippen molar-refractivity contribution >= 4 is 26.0 Å². The van der Waals surface area contributed by atoms with Crippen LogP contribution < -0.4 is 5.32 Å². The summed E-state index contributed by atoms with van der Waals surface area (Å²) in [6.07, 6.45) is 2.40. The van der Waals surface area contributed by atoms with Gasteiger partial charge >= 0.3 is 0 Å². The number of benzene rings is 2. The number of fused-ring (bicyclic) bond motifs is 1. The molecule has 1 aliphatic carbocycles. The van der Waals surface area contributed by atoms with Crippen molar-refractivity contribution in [2.75, 3.05) is 20.1 Å². The number of nitrogens with one attached hydrogen (secondary N) is 1. The van der Waals surface area contributed by atoms with E-state index in [4.69, 9.17) is 0 Å². The van der Waals surface area contributed by atoms with Gasteiger partial charge in [-0.05, 0) is 80.8 Å². The number of halogens is 1. The van der Waals surface area contributed by atoms with Crippen LogP contribution in [0.25, 0.3) is 0 Å². The van der Waals surface area contributed by atoms with Gasteiger partial charge in [-0.25, -0.2) is 8.42 Å². The first-order valence-electron chi connectivity index (χ1n) is 10.7. The molecule has 0 radical (unpaired) electrons. The highest BCUT2D eigenvalue weighted by atomic mass is 79.9. The molecule has 1 aliphatic rings. The van der Waals surface area contributed by atoms with Crippen LogP contribution in [-0.2, 0) is 22.9 Å². The van der Waals surface area contributed by atoms with Gasteiger partial charge in [0.1, 0.15) is 0 Å². The maximum atomic E-state index is 12.8. The molecular formula is C24H33BrN2O3S. The number of aliphatic hydroxyl groups is 1. The molecule has 0 aromatic heterocycles. The van der Waals surface area contributed by atoms with E-state index in [0.29, 0.717) is 12.5 Å². The molecule has 0 saturated heterocycles. The molecule has 31 heavy (non-hydrogen) atoms. The van der Waals surface area contributed by atoms with E-state index in [-0.39, 0.29) is 17.0 Å². The summed E-state index contributed by atoms with van der Waals surface area (Å²) >= 11 is 3.40. The maximum Gasteiger partial charge on any atom is 0.242 e. The zero-order valence-corrected chi connectivity index (χ0v) is 21.1. The van der Waals surface area contributed by atoms with Crippen LogP contribution in [0.1, 0.15) is 37.0 Å². The molecule has 2 N–H and O–H groups in total. The van der Waals surface area contributed by atoms with E-state index >= 15 is 0 Å². The fourth-order valence-electron chi connectivity index (χ4n) is 4.40. The maximum absolute atomic E-state index is 12.8. The fraction of sp³-hybridized carbons (Fsp3) is 0.500. The molecule has 5 nitrogen and oxygen atoms in total. The number of aryl methyl sites for hydroxylation is 1. The number of nitrogens with zero attached hydrogens (tertiary/aromatic N) is 1. The summed E-state index contributed by atoms with van der Waals surface area (Å²) in [6, 6.07) is 13.6. The molecule has 1 unspecified atom stereocenters. The minimum atomic E-state index is -3.65. The Hall–Kier alpha value is -1.25. The molecule has 0 fully saturated rings. The van der Waals surface area contributed by atoms with Gasteiger partial charge in [-0.2, -0.15) is 4.31 Å². The third kappa shape index (κ3) is 6.17. The third-order valence-electron chi connectivity index (χ3n) is 6.06. The summed E-state index contributed by atoms with van der Waals surface area (Å²) in [5.74, 6) is 0.584. The average Bonchev–Trinajstić information content (AvgIpc) is 3.09. The summed E-state index contributed by atoms with van der Waals surface area (Å²) in [5, 5.41) is 14.0. The molecule has 1 atom stereocenters. The van der Waals surface area contributed by atoms with Crippen LogP contribution in [0.5, 0.6) is 0 Å². The van der Waals surface area contributed by atoms with Crippen molar-refractivity contribution in [1.29, 1.82) is 0 Å². The SMILES string of the molecule is Cc1cc(S(=O)(=O)N(C)CC(O)CNC(C)(C)CC2Cc3ccccc3C2)ccc1Br. The van der Waals surface area contributed by atoms with Gasteiger partial charge in [-0.15, -0.1) is 0 Å². The fourth-order valence-corrected chi connectivity index (χ4v) is 5.94. The Bertz CT molecular complexity index is 998. The lowest BCUT2D eigenvalue weighted by molar-refractivity contribution is 0.135. The highest BCUT2D eigenvalue weighted by Crippen LogP contribution is 2.32. The number of sulfonamides is 1. The lowest BCUT2D eigenvalue weighted by atomic mass is 9.88. The number of rotatable bonds is 9. The molecule has 2 aromatic rings. The minimum Gasteiger partial charge on any atom is -0.390 e. The number of β-amino-alcohol motifs (C(OH)–C–C–N with tert-alkyl or cyclic N) is 1. The first-order chi connectivity index (χ1) is 14.5. The van der Waals surface area contributed by atoms with E-state index < -0.39 is 16.1 Å². The standard InChI is InChI=1S/C24H33BrN2O3S/c1-17-11-22(9-10-23(17)25)31(29,30)27(4)16-21(28)15-26-24(2,3)14-18-12-19-7-5-6-8-20(19)13-18/h5-11,18,21,26,28H,12-16H2,1-4H3. The minimum absolute atomic E-state index is 0.0371. The molecule has 3 rings (SSSR count). The molecule has 0 bridgehead atoms. The molecule has 0 aliphatic heterocycles. The largest absolute Gasteiger partial charge is 0.390 e. The van der Waals surface area contributed by atoms with Crippen LogP contribution in [0.3, 0.4) is 0 Å². The highest BCUT2D eigenvalue weighted by molar-refractivity contribution is 9.10. The molecular weight excluding hydrogens is 476 g/mol. The lowest BCUT2D eigenvalue weighted by Crippen LogP contribution is -2.47. The van der Waals surface area contributed by atoms with Crippen LogP contribution in [0.4, 0.5) is 0 Å². The highest BCUT2D eigenvalue weighted by Gasteiger charge is 2.29. The molecule has 2 aromatic carbocycles. The Balaban J connectivity index is 1.51. The Morgan fingerprint density at radius 2 is 1.81 bits per heavy atom. The third-order valence-corrected chi connectivity index (χ3v) is 8.77. The van der Waals surface area contributed by atoms with Crippen LogP contribution in [0, 0.1) is 12.8 Å². The monoisotopic (exact) mass is 508 g/mol. The molecule has 0 amide bonds.